The molecule has 0 spiro atoms. The first-order valence-corrected chi connectivity index (χ1v) is 6.45. The van der Waals surface area contributed by atoms with Crippen molar-refractivity contribution in [2.45, 2.75) is 13.5 Å². The van der Waals surface area contributed by atoms with Crippen molar-refractivity contribution in [3.05, 3.63) is 69.1 Å². The van der Waals surface area contributed by atoms with Crippen molar-refractivity contribution in [1.29, 1.82) is 0 Å². The molecule has 0 aliphatic rings. The number of fused-ring (bicyclic) bond motifs is 1. The number of H-pyrrole nitrogens is 1. The normalized spacial score (nSPS) is 11.1. The quantitative estimate of drug-likeness (QED) is 0.763. The number of aryl methyl sites for hydroxylation is 1. The van der Waals surface area contributed by atoms with Gasteiger partial charge in [0.2, 0.25) is 0 Å². The molecule has 3 rings (SSSR count). The second-order valence-electron chi connectivity index (χ2n) is 4.67. The molecule has 4 heteroatoms. The zero-order chi connectivity index (χ0) is 13.4. The molecule has 1 heterocycles. The first kappa shape index (κ1) is 12.1. The number of aromatic amines is 1. The van der Waals surface area contributed by atoms with E-state index in [0.29, 0.717) is 11.6 Å². The Labute approximate surface area is 115 Å². The molecule has 0 saturated heterocycles. The Morgan fingerprint density at radius 2 is 2.05 bits per heavy atom. The number of hydrogen-bond donors (Lipinski definition) is 1. The third kappa shape index (κ3) is 2.29. The lowest BCUT2D eigenvalue weighted by molar-refractivity contribution is 0.787. The number of nitrogens with zero attached hydrogens (tertiary/aromatic N) is 1. The second kappa shape index (κ2) is 4.59. The van der Waals surface area contributed by atoms with Crippen molar-refractivity contribution < 1.29 is 0 Å². The Morgan fingerprint density at radius 1 is 1.21 bits per heavy atom. The van der Waals surface area contributed by atoms with E-state index in [1.165, 1.54) is 0 Å². The molecule has 0 aliphatic heterocycles. The van der Waals surface area contributed by atoms with Gasteiger partial charge in [-0.2, -0.15) is 0 Å². The highest BCUT2D eigenvalue weighted by atomic mass is 35.5. The molecule has 96 valence electrons. The molecule has 0 aliphatic carbocycles. The van der Waals surface area contributed by atoms with Gasteiger partial charge in [-0.3, -0.25) is 4.57 Å². The summed E-state index contributed by atoms with van der Waals surface area (Å²) in [5.41, 5.74) is 3.83. The number of rotatable bonds is 2. The van der Waals surface area contributed by atoms with Gasteiger partial charge in [0.1, 0.15) is 0 Å². The summed E-state index contributed by atoms with van der Waals surface area (Å²) in [4.78, 5) is 14.9. The lowest BCUT2D eigenvalue weighted by Gasteiger charge is -2.04. The number of hydrogen-bond acceptors (Lipinski definition) is 1. The molecule has 19 heavy (non-hydrogen) atoms. The first-order chi connectivity index (χ1) is 9.13. The molecule has 0 bridgehead atoms. The monoisotopic (exact) mass is 272 g/mol. The maximum Gasteiger partial charge on any atom is 0.326 e. The predicted octanol–water partition coefficient (Wildman–Crippen LogP) is 3.34. The smallest absolute Gasteiger partial charge is 0.306 e. The van der Waals surface area contributed by atoms with E-state index in [1.807, 2.05) is 49.4 Å². The van der Waals surface area contributed by atoms with Crippen LogP contribution in [-0.4, -0.2) is 9.55 Å². The van der Waals surface area contributed by atoms with Crippen molar-refractivity contribution >= 4 is 22.6 Å². The Balaban J connectivity index is 2.12. The zero-order valence-corrected chi connectivity index (χ0v) is 11.2. The number of nitrogens with one attached hydrogen (secondary N) is 1. The van der Waals surface area contributed by atoms with Crippen LogP contribution in [0.1, 0.15) is 11.1 Å². The molecule has 0 unspecified atom stereocenters. The van der Waals surface area contributed by atoms with E-state index in [0.717, 1.165) is 22.2 Å². The topological polar surface area (TPSA) is 37.8 Å². The van der Waals surface area contributed by atoms with E-state index in [2.05, 4.69) is 4.98 Å². The van der Waals surface area contributed by atoms with Crippen molar-refractivity contribution in [2.75, 3.05) is 0 Å². The highest BCUT2D eigenvalue weighted by molar-refractivity contribution is 6.30. The van der Waals surface area contributed by atoms with Crippen molar-refractivity contribution in [3.63, 3.8) is 0 Å². The highest BCUT2D eigenvalue weighted by Gasteiger charge is 2.07. The summed E-state index contributed by atoms with van der Waals surface area (Å²) in [5.74, 6) is 0. The van der Waals surface area contributed by atoms with E-state index < -0.39 is 0 Å². The number of benzene rings is 2. The van der Waals surface area contributed by atoms with Crippen molar-refractivity contribution in [2.24, 2.45) is 0 Å². The maximum atomic E-state index is 12.0. The molecule has 1 N–H and O–H groups in total. The molecule has 0 radical (unpaired) electrons. The fourth-order valence-corrected chi connectivity index (χ4v) is 2.45. The minimum atomic E-state index is -0.0967. The number of imidazole rings is 1. The van der Waals surface area contributed by atoms with Crippen LogP contribution in [0, 0.1) is 6.92 Å². The zero-order valence-electron chi connectivity index (χ0n) is 10.5. The third-order valence-corrected chi connectivity index (χ3v) is 3.40. The minimum Gasteiger partial charge on any atom is -0.306 e. The van der Waals surface area contributed by atoms with Crippen LogP contribution in [0.3, 0.4) is 0 Å². The molecule has 1 aromatic heterocycles. The molecule has 0 atom stereocenters. The molecular formula is C15H13ClN2O. The Morgan fingerprint density at radius 3 is 2.84 bits per heavy atom. The SMILES string of the molecule is Cc1ccc2[nH]c(=O)n(Cc3cccc(Cl)c3)c2c1. The standard InChI is InChI=1S/C15H13ClN2O/c1-10-5-6-13-14(7-10)18(15(19)17-13)9-11-3-2-4-12(16)8-11/h2-8H,9H2,1H3,(H,17,19). The fraction of sp³-hybridized carbons (Fsp3) is 0.133. The van der Waals surface area contributed by atoms with Gasteiger partial charge < -0.3 is 4.98 Å². The molecule has 0 saturated carbocycles. The molecular weight excluding hydrogens is 260 g/mol. The van der Waals surface area contributed by atoms with Crippen LogP contribution in [0.25, 0.3) is 11.0 Å². The maximum absolute atomic E-state index is 12.0. The summed E-state index contributed by atoms with van der Waals surface area (Å²) in [6, 6.07) is 13.5. The summed E-state index contributed by atoms with van der Waals surface area (Å²) in [5, 5.41) is 0.682. The van der Waals surface area contributed by atoms with Crippen LogP contribution >= 0.6 is 11.6 Å². The van der Waals surface area contributed by atoms with Gasteiger partial charge in [0.25, 0.3) is 0 Å². The van der Waals surface area contributed by atoms with Gasteiger partial charge in [-0.05, 0) is 42.3 Å². The van der Waals surface area contributed by atoms with Gasteiger partial charge in [-0.1, -0.05) is 29.8 Å². The fourth-order valence-electron chi connectivity index (χ4n) is 2.24. The van der Waals surface area contributed by atoms with E-state index in [4.69, 9.17) is 11.6 Å². The average Bonchev–Trinajstić information content (AvgIpc) is 2.66. The second-order valence-corrected chi connectivity index (χ2v) is 5.10. The summed E-state index contributed by atoms with van der Waals surface area (Å²) in [6.45, 7) is 2.53. The van der Waals surface area contributed by atoms with Crippen LogP contribution in [0.5, 0.6) is 0 Å². The van der Waals surface area contributed by atoms with Gasteiger partial charge >= 0.3 is 5.69 Å². The van der Waals surface area contributed by atoms with Crippen LogP contribution in [0.15, 0.2) is 47.3 Å². The van der Waals surface area contributed by atoms with Crippen molar-refractivity contribution in [1.82, 2.24) is 9.55 Å². The van der Waals surface area contributed by atoms with Gasteiger partial charge in [0, 0.05) is 5.02 Å². The summed E-state index contributed by atoms with van der Waals surface area (Å²) in [6.07, 6.45) is 0. The average molecular weight is 273 g/mol. The van der Waals surface area contributed by atoms with E-state index in [1.54, 1.807) is 4.57 Å². The number of halogens is 1. The van der Waals surface area contributed by atoms with Crippen LogP contribution in [0.4, 0.5) is 0 Å². The lowest BCUT2D eigenvalue weighted by atomic mass is 10.2. The summed E-state index contributed by atoms with van der Waals surface area (Å²) < 4.78 is 1.73. The first-order valence-electron chi connectivity index (χ1n) is 6.07. The predicted molar refractivity (Wildman–Crippen MR) is 77.8 cm³/mol. The molecule has 3 aromatic rings. The van der Waals surface area contributed by atoms with E-state index >= 15 is 0 Å². The Hall–Kier alpha value is -2.00. The largest absolute Gasteiger partial charge is 0.326 e. The van der Waals surface area contributed by atoms with Gasteiger partial charge in [-0.25, -0.2) is 4.79 Å². The van der Waals surface area contributed by atoms with Crippen LogP contribution in [0.2, 0.25) is 5.02 Å². The van der Waals surface area contributed by atoms with Gasteiger partial charge in [0.05, 0.1) is 17.6 Å². The highest BCUT2D eigenvalue weighted by Crippen LogP contribution is 2.16. The number of aromatic nitrogens is 2. The van der Waals surface area contributed by atoms with Gasteiger partial charge in [-0.15, -0.1) is 0 Å². The third-order valence-electron chi connectivity index (χ3n) is 3.16. The Kier molecular flexibility index (Phi) is 2.91. The van der Waals surface area contributed by atoms with E-state index in [-0.39, 0.29) is 5.69 Å². The Bertz CT molecular complexity index is 801. The lowest BCUT2D eigenvalue weighted by Crippen LogP contribution is -2.17. The minimum absolute atomic E-state index is 0.0967. The molecule has 3 nitrogen and oxygen atoms in total. The summed E-state index contributed by atoms with van der Waals surface area (Å²) >= 11 is 5.97. The van der Waals surface area contributed by atoms with Gasteiger partial charge in [0.15, 0.2) is 0 Å². The van der Waals surface area contributed by atoms with Crippen LogP contribution in [-0.2, 0) is 6.54 Å². The molecule has 0 amide bonds. The summed E-state index contributed by atoms with van der Waals surface area (Å²) in [7, 11) is 0. The van der Waals surface area contributed by atoms with E-state index in [9.17, 15) is 4.79 Å². The van der Waals surface area contributed by atoms with Crippen LogP contribution < -0.4 is 5.69 Å². The molecule has 0 fully saturated rings. The molecule has 2 aromatic carbocycles. The van der Waals surface area contributed by atoms with Crippen molar-refractivity contribution in [3.8, 4) is 0 Å².